The van der Waals surface area contributed by atoms with Crippen molar-refractivity contribution in [2.75, 3.05) is 12.4 Å². The summed E-state index contributed by atoms with van der Waals surface area (Å²) in [6.07, 6.45) is -0.633. The molecule has 8 heteroatoms. The van der Waals surface area contributed by atoms with Crippen molar-refractivity contribution in [3.8, 4) is 11.1 Å². The summed E-state index contributed by atoms with van der Waals surface area (Å²) in [5, 5.41) is 13.7. The lowest BCUT2D eigenvalue weighted by atomic mass is 9.98. The molecule has 1 amide bonds. The zero-order valence-electron chi connectivity index (χ0n) is 15.4. The molecular weight excluding hydrogens is 352 g/mol. The number of anilines is 1. The van der Waals surface area contributed by atoms with Gasteiger partial charge >= 0.3 is 12.1 Å². The number of methoxy groups -OCH3 is 1. The Bertz CT molecular complexity index is 886. The third-order valence-electron chi connectivity index (χ3n) is 3.44. The summed E-state index contributed by atoms with van der Waals surface area (Å²) in [5.74, 6) is -0.620. The normalized spacial score (nSPS) is 10.8. The fourth-order valence-electron chi connectivity index (χ4n) is 2.36. The van der Waals surface area contributed by atoms with Crippen LogP contribution < -0.4 is 5.32 Å². The van der Waals surface area contributed by atoms with Gasteiger partial charge in [-0.3, -0.25) is 15.4 Å². The summed E-state index contributed by atoms with van der Waals surface area (Å²) in [4.78, 5) is 34.5. The minimum absolute atomic E-state index is 0.164. The molecule has 0 aliphatic heterocycles. The molecule has 0 unspecified atom stereocenters. The maximum atomic E-state index is 12.0. The van der Waals surface area contributed by atoms with Crippen LogP contribution in [0.25, 0.3) is 11.1 Å². The van der Waals surface area contributed by atoms with Gasteiger partial charge in [-0.05, 0) is 44.5 Å². The Labute approximate surface area is 156 Å². The monoisotopic (exact) mass is 372 g/mol. The molecular formula is C19H20N2O6. The second-order valence-corrected chi connectivity index (χ2v) is 6.69. The van der Waals surface area contributed by atoms with E-state index in [1.807, 2.05) is 0 Å². The Morgan fingerprint density at radius 1 is 1.11 bits per heavy atom. The highest BCUT2D eigenvalue weighted by Gasteiger charge is 2.19. The molecule has 27 heavy (non-hydrogen) atoms. The summed E-state index contributed by atoms with van der Waals surface area (Å²) < 4.78 is 9.95. The molecule has 0 fully saturated rings. The third-order valence-corrected chi connectivity index (χ3v) is 3.44. The minimum Gasteiger partial charge on any atom is -0.465 e. The lowest BCUT2D eigenvalue weighted by Gasteiger charge is -2.19. The van der Waals surface area contributed by atoms with Gasteiger partial charge < -0.3 is 9.47 Å². The third kappa shape index (κ3) is 5.27. The van der Waals surface area contributed by atoms with Crippen LogP contribution in [0.4, 0.5) is 16.2 Å². The predicted molar refractivity (Wildman–Crippen MR) is 99.7 cm³/mol. The maximum absolute atomic E-state index is 12.0. The molecule has 142 valence electrons. The van der Waals surface area contributed by atoms with Crippen molar-refractivity contribution < 1.29 is 24.0 Å². The molecule has 0 heterocycles. The van der Waals surface area contributed by atoms with Crippen LogP contribution in [0.1, 0.15) is 31.1 Å². The van der Waals surface area contributed by atoms with E-state index in [1.54, 1.807) is 45.0 Å². The van der Waals surface area contributed by atoms with Crippen LogP contribution >= 0.6 is 0 Å². The van der Waals surface area contributed by atoms with E-state index < -0.39 is 22.6 Å². The highest BCUT2D eigenvalue weighted by atomic mass is 16.6. The number of nitrogens with one attached hydrogen (secondary N) is 1. The molecule has 0 saturated carbocycles. The van der Waals surface area contributed by atoms with Crippen molar-refractivity contribution in [2.45, 2.75) is 26.4 Å². The van der Waals surface area contributed by atoms with Crippen LogP contribution in [0.3, 0.4) is 0 Å². The summed E-state index contributed by atoms with van der Waals surface area (Å²) in [5.41, 5.74) is 0.612. The Morgan fingerprint density at radius 3 is 2.41 bits per heavy atom. The topological polar surface area (TPSA) is 108 Å². The maximum Gasteiger partial charge on any atom is 0.412 e. The number of hydrogen-bond acceptors (Lipinski definition) is 6. The van der Waals surface area contributed by atoms with Crippen LogP contribution in [0.2, 0.25) is 0 Å². The predicted octanol–water partition coefficient (Wildman–Crippen LogP) is 4.40. The number of rotatable bonds is 4. The zero-order valence-corrected chi connectivity index (χ0v) is 15.4. The summed E-state index contributed by atoms with van der Waals surface area (Å²) in [6.45, 7) is 5.23. The van der Waals surface area contributed by atoms with Crippen LogP contribution in [0.5, 0.6) is 0 Å². The number of nitro benzene ring substituents is 1. The summed E-state index contributed by atoms with van der Waals surface area (Å²) >= 11 is 0. The number of benzene rings is 2. The van der Waals surface area contributed by atoms with Gasteiger partial charge in [-0.2, -0.15) is 0 Å². The van der Waals surface area contributed by atoms with Crippen molar-refractivity contribution in [2.24, 2.45) is 0 Å². The van der Waals surface area contributed by atoms with E-state index in [0.29, 0.717) is 16.8 Å². The second-order valence-electron chi connectivity index (χ2n) is 6.69. The number of nitrogens with zero attached hydrogens (tertiary/aromatic N) is 1. The van der Waals surface area contributed by atoms with E-state index in [9.17, 15) is 19.7 Å². The van der Waals surface area contributed by atoms with Crippen LogP contribution in [-0.2, 0) is 9.47 Å². The SMILES string of the molecule is COC(=O)c1ccc([N+](=O)[O-])cc1-c1cccc(NC(=O)OC(C)(C)C)c1. The number of carbonyl (C=O) groups is 2. The zero-order chi connectivity index (χ0) is 20.2. The van der Waals surface area contributed by atoms with Crippen molar-refractivity contribution in [3.63, 3.8) is 0 Å². The Morgan fingerprint density at radius 2 is 1.81 bits per heavy atom. The summed E-state index contributed by atoms with van der Waals surface area (Å²) in [7, 11) is 1.23. The molecule has 0 spiro atoms. The molecule has 8 nitrogen and oxygen atoms in total. The van der Waals surface area contributed by atoms with Gasteiger partial charge in [0.1, 0.15) is 5.60 Å². The molecule has 0 saturated heterocycles. The number of nitro groups is 1. The van der Waals surface area contributed by atoms with Crippen molar-refractivity contribution in [1.29, 1.82) is 0 Å². The van der Waals surface area contributed by atoms with Gasteiger partial charge in [-0.15, -0.1) is 0 Å². The number of amides is 1. The molecule has 0 radical (unpaired) electrons. The first-order valence-corrected chi connectivity index (χ1v) is 8.08. The molecule has 2 rings (SSSR count). The van der Waals surface area contributed by atoms with Crippen molar-refractivity contribution >= 4 is 23.4 Å². The molecule has 2 aromatic rings. The van der Waals surface area contributed by atoms with Gasteiger partial charge in [-0.25, -0.2) is 9.59 Å². The molecule has 0 bridgehead atoms. The number of ether oxygens (including phenoxy) is 2. The first kappa shape index (κ1) is 19.9. The van der Waals surface area contributed by atoms with Crippen LogP contribution in [0.15, 0.2) is 42.5 Å². The Kier molecular flexibility index (Phi) is 5.79. The van der Waals surface area contributed by atoms with Gasteiger partial charge in [-0.1, -0.05) is 12.1 Å². The smallest absolute Gasteiger partial charge is 0.412 e. The molecule has 0 aliphatic rings. The lowest BCUT2D eigenvalue weighted by molar-refractivity contribution is -0.384. The van der Waals surface area contributed by atoms with Crippen molar-refractivity contribution in [1.82, 2.24) is 0 Å². The van der Waals surface area contributed by atoms with Gasteiger partial charge in [0.25, 0.3) is 5.69 Å². The average molecular weight is 372 g/mol. The van der Waals surface area contributed by atoms with E-state index >= 15 is 0 Å². The summed E-state index contributed by atoms with van der Waals surface area (Å²) in [6, 6.07) is 10.4. The van der Waals surface area contributed by atoms with Gasteiger partial charge in [0.15, 0.2) is 0 Å². The molecule has 1 N–H and O–H groups in total. The van der Waals surface area contributed by atoms with Crippen LogP contribution in [0, 0.1) is 10.1 Å². The van der Waals surface area contributed by atoms with Gasteiger partial charge in [0, 0.05) is 23.4 Å². The highest BCUT2D eigenvalue weighted by Crippen LogP contribution is 2.30. The molecule has 0 aromatic heterocycles. The van der Waals surface area contributed by atoms with Crippen LogP contribution in [-0.4, -0.2) is 29.7 Å². The number of hydrogen-bond donors (Lipinski definition) is 1. The first-order chi connectivity index (χ1) is 12.6. The quantitative estimate of drug-likeness (QED) is 0.484. The average Bonchev–Trinajstić information content (AvgIpc) is 2.59. The fraction of sp³-hybridized carbons (Fsp3) is 0.263. The molecule has 2 aromatic carbocycles. The molecule has 0 aliphatic carbocycles. The first-order valence-electron chi connectivity index (χ1n) is 8.08. The lowest BCUT2D eigenvalue weighted by Crippen LogP contribution is -2.27. The van der Waals surface area contributed by atoms with E-state index in [0.717, 1.165) is 0 Å². The van der Waals surface area contributed by atoms with E-state index in [4.69, 9.17) is 9.47 Å². The van der Waals surface area contributed by atoms with E-state index in [-0.39, 0.29) is 11.3 Å². The Hall–Kier alpha value is -3.42. The van der Waals surface area contributed by atoms with E-state index in [2.05, 4.69) is 5.32 Å². The minimum atomic E-state index is -0.653. The number of esters is 1. The number of carbonyl (C=O) groups excluding carboxylic acids is 2. The molecule has 0 atom stereocenters. The highest BCUT2D eigenvalue weighted by molar-refractivity contribution is 5.98. The van der Waals surface area contributed by atoms with E-state index in [1.165, 1.54) is 25.3 Å². The van der Waals surface area contributed by atoms with Gasteiger partial charge in [0.2, 0.25) is 0 Å². The van der Waals surface area contributed by atoms with Gasteiger partial charge in [0.05, 0.1) is 17.6 Å². The second kappa shape index (κ2) is 7.86. The Balaban J connectivity index is 2.43. The fourth-order valence-corrected chi connectivity index (χ4v) is 2.36. The number of non-ortho nitro benzene ring substituents is 1. The largest absolute Gasteiger partial charge is 0.465 e. The van der Waals surface area contributed by atoms with Crippen molar-refractivity contribution in [3.05, 3.63) is 58.1 Å². The standard InChI is InChI=1S/C19H20N2O6/c1-19(2,3)27-18(23)20-13-7-5-6-12(10-13)16-11-14(21(24)25)8-9-15(16)17(22)26-4/h5-11H,1-4H3,(H,20,23).